The molecular formula is C15H22FNO3. The number of unbranched alkanes of at least 4 members (excludes halogenated alkanes) is 1. The third kappa shape index (κ3) is 5.57. The molecule has 1 atom stereocenters. The first-order valence-electron chi connectivity index (χ1n) is 6.80. The smallest absolute Gasteiger partial charge is 0.325 e. The number of rotatable bonds is 8. The highest BCUT2D eigenvalue weighted by Crippen LogP contribution is 2.15. The molecule has 0 aromatic heterocycles. The maximum absolute atomic E-state index is 12.9. The van der Waals surface area contributed by atoms with E-state index in [0.717, 1.165) is 12.8 Å². The van der Waals surface area contributed by atoms with Gasteiger partial charge in [-0.2, -0.15) is 0 Å². The van der Waals surface area contributed by atoms with Crippen LogP contribution in [0, 0.1) is 5.82 Å². The predicted molar refractivity (Wildman–Crippen MR) is 75.0 cm³/mol. The minimum Gasteiger partial charge on any atom is -0.493 e. The summed E-state index contributed by atoms with van der Waals surface area (Å²) < 4.78 is 23.2. The maximum Gasteiger partial charge on any atom is 0.325 e. The zero-order valence-corrected chi connectivity index (χ0v) is 12.0. The molecule has 20 heavy (non-hydrogen) atoms. The Bertz CT molecular complexity index is 435. The van der Waals surface area contributed by atoms with E-state index in [0.29, 0.717) is 25.4 Å². The predicted octanol–water partition coefficient (Wildman–Crippen LogP) is 2.66. The quantitative estimate of drug-likeness (QED) is 0.588. The Morgan fingerprint density at radius 2 is 2.15 bits per heavy atom. The lowest BCUT2D eigenvalue weighted by Gasteiger charge is -2.21. The van der Waals surface area contributed by atoms with E-state index in [4.69, 9.17) is 15.2 Å². The molecule has 5 heteroatoms. The molecule has 1 aromatic rings. The van der Waals surface area contributed by atoms with Crippen LogP contribution in [-0.4, -0.2) is 24.7 Å². The molecule has 0 heterocycles. The average Bonchev–Trinajstić information content (AvgIpc) is 2.38. The Morgan fingerprint density at radius 1 is 1.40 bits per heavy atom. The molecule has 0 spiro atoms. The van der Waals surface area contributed by atoms with E-state index in [-0.39, 0.29) is 11.8 Å². The molecule has 0 radical (unpaired) electrons. The van der Waals surface area contributed by atoms with Gasteiger partial charge < -0.3 is 15.2 Å². The number of halogens is 1. The molecule has 0 saturated heterocycles. The van der Waals surface area contributed by atoms with Crippen molar-refractivity contribution in [1.29, 1.82) is 0 Å². The summed E-state index contributed by atoms with van der Waals surface area (Å²) in [5, 5.41) is 0. The van der Waals surface area contributed by atoms with E-state index in [1.807, 2.05) is 0 Å². The molecule has 0 fully saturated rings. The van der Waals surface area contributed by atoms with Crippen LogP contribution in [0.1, 0.15) is 33.1 Å². The summed E-state index contributed by atoms with van der Waals surface area (Å²) >= 11 is 0. The van der Waals surface area contributed by atoms with E-state index >= 15 is 0 Å². The van der Waals surface area contributed by atoms with Crippen LogP contribution in [0.25, 0.3) is 0 Å². The fraction of sp³-hybridized carbons (Fsp3) is 0.533. The summed E-state index contributed by atoms with van der Waals surface area (Å²) in [4.78, 5) is 11.6. The van der Waals surface area contributed by atoms with Crippen molar-refractivity contribution in [2.45, 2.75) is 38.6 Å². The van der Waals surface area contributed by atoms with Gasteiger partial charge in [-0.05, 0) is 45.2 Å². The number of esters is 1. The van der Waals surface area contributed by atoms with E-state index < -0.39 is 5.54 Å². The van der Waals surface area contributed by atoms with Gasteiger partial charge in [-0.15, -0.1) is 0 Å². The van der Waals surface area contributed by atoms with E-state index in [1.165, 1.54) is 12.1 Å². The Labute approximate surface area is 119 Å². The van der Waals surface area contributed by atoms with Crippen LogP contribution < -0.4 is 10.5 Å². The minimum absolute atomic E-state index is 0.320. The number of nitrogens with two attached hydrogens (primary N) is 1. The van der Waals surface area contributed by atoms with Gasteiger partial charge in [0.25, 0.3) is 0 Å². The van der Waals surface area contributed by atoms with E-state index in [1.54, 1.807) is 26.0 Å². The van der Waals surface area contributed by atoms with Gasteiger partial charge in [0.2, 0.25) is 0 Å². The molecule has 2 N–H and O–H groups in total. The van der Waals surface area contributed by atoms with Gasteiger partial charge in [-0.25, -0.2) is 4.39 Å². The first-order valence-corrected chi connectivity index (χ1v) is 6.80. The highest BCUT2D eigenvalue weighted by atomic mass is 19.1. The molecule has 4 nitrogen and oxygen atoms in total. The molecule has 112 valence electrons. The second-order valence-corrected chi connectivity index (χ2v) is 4.90. The van der Waals surface area contributed by atoms with E-state index in [9.17, 15) is 9.18 Å². The van der Waals surface area contributed by atoms with Gasteiger partial charge >= 0.3 is 5.97 Å². The summed E-state index contributed by atoms with van der Waals surface area (Å²) in [7, 11) is 0. The SMILES string of the molecule is CCOC(=O)C(C)(N)CCCCOc1cccc(F)c1. The van der Waals surface area contributed by atoms with Crippen molar-refractivity contribution in [1.82, 2.24) is 0 Å². The molecule has 0 aliphatic heterocycles. The number of hydrogen-bond donors (Lipinski definition) is 1. The number of benzene rings is 1. The van der Waals surface area contributed by atoms with E-state index in [2.05, 4.69) is 0 Å². The lowest BCUT2D eigenvalue weighted by Crippen LogP contribution is -2.46. The Morgan fingerprint density at radius 3 is 2.80 bits per heavy atom. The molecule has 0 amide bonds. The Kier molecular flexibility index (Phi) is 6.45. The molecule has 1 unspecified atom stereocenters. The monoisotopic (exact) mass is 283 g/mol. The number of carbonyl (C=O) groups is 1. The van der Waals surface area contributed by atoms with Crippen molar-refractivity contribution in [3.8, 4) is 5.75 Å². The zero-order valence-electron chi connectivity index (χ0n) is 12.0. The van der Waals surface area contributed by atoms with Crippen LogP contribution in [0.2, 0.25) is 0 Å². The highest BCUT2D eigenvalue weighted by Gasteiger charge is 2.28. The molecule has 1 aromatic carbocycles. The van der Waals surface area contributed by atoms with Crippen LogP contribution in [0.15, 0.2) is 24.3 Å². The van der Waals surface area contributed by atoms with Gasteiger partial charge in [-0.3, -0.25) is 4.79 Å². The van der Waals surface area contributed by atoms with Gasteiger partial charge in [0, 0.05) is 6.07 Å². The second kappa shape index (κ2) is 7.85. The average molecular weight is 283 g/mol. The summed E-state index contributed by atoms with van der Waals surface area (Å²) in [6, 6.07) is 6.01. The van der Waals surface area contributed by atoms with Gasteiger partial charge in [-0.1, -0.05) is 6.07 Å². The standard InChI is InChI=1S/C15H22FNO3/c1-3-19-14(18)15(2,17)9-4-5-10-20-13-8-6-7-12(16)11-13/h6-8,11H,3-5,9-10,17H2,1-2H3. The highest BCUT2D eigenvalue weighted by molar-refractivity contribution is 5.79. The van der Waals surface area contributed by atoms with Gasteiger partial charge in [0.05, 0.1) is 13.2 Å². The Balaban J connectivity index is 2.23. The summed E-state index contributed by atoms with van der Waals surface area (Å²) in [6.07, 6.45) is 2.00. The fourth-order valence-corrected chi connectivity index (χ4v) is 1.74. The van der Waals surface area contributed by atoms with Crippen LogP contribution in [0.3, 0.4) is 0 Å². The molecule has 0 saturated carbocycles. The number of carbonyl (C=O) groups excluding carboxylic acids is 1. The van der Waals surface area contributed by atoms with Crippen LogP contribution in [0.5, 0.6) is 5.75 Å². The molecule has 0 aliphatic carbocycles. The van der Waals surface area contributed by atoms with Crippen LogP contribution in [0.4, 0.5) is 4.39 Å². The number of hydrogen-bond acceptors (Lipinski definition) is 4. The first-order chi connectivity index (χ1) is 9.45. The fourth-order valence-electron chi connectivity index (χ4n) is 1.74. The summed E-state index contributed by atoms with van der Waals surface area (Å²) in [5.74, 6) is -0.198. The van der Waals surface area contributed by atoms with Gasteiger partial charge in [0.1, 0.15) is 17.1 Å². The maximum atomic E-state index is 12.9. The first kappa shape index (κ1) is 16.4. The van der Waals surface area contributed by atoms with Crippen molar-refractivity contribution in [2.24, 2.45) is 5.73 Å². The molecule has 0 bridgehead atoms. The van der Waals surface area contributed by atoms with Crippen molar-refractivity contribution in [2.75, 3.05) is 13.2 Å². The van der Waals surface area contributed by atoms with Crippen molar-refractivity contribution < 1.29 is 18.7 Å². The lowest BCUT2D eigenvalue weighted by atomic mass is 9.96. The third-order valence-electron chi connectivity index (χ3n) is 2.90. The minimum atomic E-state index is -0.963. The van der Waals surface area contributed by atoms with Crippen LogP contribution >= 0.6 is 0 Å². The Hall–Kier alpha value is -1.62. The second-order valence-electron chi connectivity index (χ2n) is 4.90. The third-order valence-corrected chi connectivity index (χ3v) is 2.90. The molecule has 0 aliphatic rings. The summed E-state index contributed by atoms with van der Waals surface area (Å²) in [5.41, 5.74) is 4.93. The van der Waals surface area contributed by atoms with Crippen molar-refractivity contribution in [3.63, 3.8) is 0 Å². The normalized spacial score (nSPS) is 13.6. The van der Waals surface area contributed by atoms with Crippen LogP contribution in [-0.2, 0) is 9.53 Å². The zero-order chi connectivity index (χ0) is 15.0. The van der Waals surface area contributed by atoms with Gasteiger partial charge in [0.15, 0.2) is 0 Å². The topological polar surface area (TPSA) is 61.5 Å². The molecular weight excluding hydrogens is 261 g/mol. The largest absolute Gasteiger partial charge is 0.493 e. The molecule has 1 rings (SSSR count). The number of ether oxygens (including phenoxy) is 2. The summed E-state index contributed by atoms with van der Waals surface area (Å²) in [6.45, 7) is 4.20. The lowest BCUT2D eigenvalue weighted by molar-refractivity contribution is -0.149. The van der Waals surface area contributed by atoms with Crippen molar-refractivity contribution >= 4 is 5.97 Å². The van der Waals surface area contributed by atoms with Crippen molar-refractivity contribution in [3.05, 3.63) is 30.1 Å².